The monoisotopic (exact) mass is 376 g/mol. The van der Waals surface area contributed by atoms with Crippen LogP contribution in [-0.4, -0.2) is 41.3 Å². The number of esters is 1. The minimum absolute atomic E-state index is 0.203. The fourth-order valence-electron chi connectivity index (χ4n) is 2.85. The second-order valence-electron chi connectivity index (χ2n) is 5.74. The first kappa shape index (κ1) is 20.0. The Labute approximate surface area is 154 Å². The van der Waals surface area contributed by atoms with Crippen LogP contribution in [0.25, 0.3) is 0 Å². The van der Waals surface area contributed by atoms with Crippen molar-refractivity contribution in [3.05, 3.63) is 57.0 Å². The molecule has 2 aromatic rings. The van der Waals surface area contributed by atoms with Crippen LogP contribution >= 0.6 is 0 Å². The number of H-pyrrole nitrogens is 1. The number of amides is 1. The highest BCUT2D eigenvalue weighted by Gasteiger charge is 2.27. The molecule has 9 nitrogen and oxygen atoms in total. The van der Waals surface area contributed by atoms with Crippen LogP contribution < -0.4 is 16.0 Å². The number of nitrogens with two attached hydrogens (primary N) is 1. The number of benzene rings is 1. The lowest BCUT2D eigenvalue weighted by atomic mass is 9.86. The fourth-order valence-corrected chi connectivity index (χ4v) is 2.85. The number of aliphatic hydroxyl groups excluding tert-OH is 1. The van der Waals surface area contributed by atoms with E-state index in [0.29, 0.717) is 16.9 Å². The molecule has 9 heteroatoms. The molecule has 0 spiro atoms. The van der Waals surface area contributed by atoms with E-state index in [4.69, 9.17) is 10.5 Å². The van der Waals surface area contributed by atoms with Gasteiger partial charge in [0.25, 0.3) is 5.56 Å². The summed E-state index contributed by atoms with van der Waals surface area (Å²) < 4.78 is 9.72. The standard InChI is InChI=1S/C18H20N2O7/c1-26-13-4-3-9(5-10(13)8-21)11(6-14(19)22)15-16(23)12(18(25)27-2)7-20-17(15)24/h3-5,7,11,21H,6,8H2,1-2H3,(H2,19,22)(H2,20,23,24)/t11-/m0/s1. The van der Waals surface area contributed by atoms with Crippen LogP contribution in [0.5, 0.6) is 11.5 Å². The van der Waals surface area contributed by atoms with Gasteiger partial charge in [0.05, 0.1) is 26.4 Å². The zero-order chi connectivity index (χ0) is 20.1. The average molecular weight is 376 g/mol. The molecule has 1 aromatic heterocycles. The van der Waals surface area contributed by atoms with Crippen LogP contribution in [0.3, 0.4) is 0 Å². The van der Waals surface area contributed by atoms with Crippen LogP contribution in [0.15, 0.2) is 29.2 Å². The van der Waals surface area contributed by atoms with E-state index in [1.165, 1.54) is 13.2 Å². The lowest BCUT2D eigenvalue weighted by Crippen LogP contribution is -2.24. The molecule has 0 unspecified atom stereocenters. The number of hydrogen-bond donors (Lipinski definition) is 4. The van der Waals surface area contributed by atoms with Crippen molar-refractivity contribution < 1.29 is 29.3 Å². The number of primary amides is 1. The van der Waals surface area contributed by atoms with E-state index in [0.717, 1.165) is 13.3 Å². The number of nitrogens with one attached hydrogen (secondary N) is 1. The highest BCUT2D eigenvalue weighted by Crippen LogP contribution is 2.35. The molecule has 2 rings (SSSR count). The van der Waals surface area contributed by atoms with Crippen LogP contribution in [0, 0.1) is 0 Å². The van der Waals surface area contributed by atoms with Crippen molar-refractivity contribution >= 4 is 11.9 Å². The summed E-state index contributed by atoms with van der Waals surface area (Å²) in [6.07, 6.45) is 0.722. The summed E-state index contributed by atoms with van der Waals surface area (Å²) in [5, 5.41) is 20.0. The summed E-state index contributed by atoms with van der Waals surface area (Å²) in [5.74, 6) is -2.71. The third-order valence-corrected chi connectivity index (χ3v) is 4.14. The first-order chi connectivity index (χ1) is 12.8. The Morgan fingerprint density at radius 3 is 2.56 bits per heavy atom. The molecule has 0 fully saturated rings. The molecule has 144 valence electrons. The first-order valence-corrected chi connectivity index (χ1v) is 7.92. The van der Waals surface area contributed by atoms with Gasteiger partial charge in [0.2, 0.25) is 5.91 Å². The van der Waals surface area contributed by atoms with E-state index >= 15 is 0 Å². The topological polar surface area (TPSA) is 152 Å². The first-order valence-electron chi connectivity index (χ1n) is 7.92. The van der Waals surface area contributed by atoms with E-state index in [2.05, 4.69) is 9.72 Å². The van der Waals surface area contributed by atoms with E-state index in [-0.39, 0.29) is 24.2 Å². The molecule has 0 radical (unpaired) electrons. The lowest BCUT2D eigenvalue weighted by molar-refractivity contribution is -0.118. The van der Waals surface area contributed by atoms with Gasteiger partial charge in [-0.05, 0) is 17.7 Å². The van der Waals surface area contributed by atoms with E-state index in [9.17, 15) is 24.6 Å². The summed E-state index contributed by atoms with van der Waals surface area (Å²) in [4.78, 5) is 38.2. The van der Waals surface area contributed by atoms with Gasteiger partial charge in [0, 0.05) is 24.1 Å². The summed E-state index contributed by atoms with van der Waals surface area (Å²) in [6.45, 7) is -0.342. The van der Waals surface area contributed by atoms with Crippen LogP contribution in [-0.2, 0) is 16.1 Å². The number of carbonyl (C=O) groups excluding carboxylic acids is 2. The molecule has 0 aliphatic heterocycles. The Balaban J connectivity index is 2.70. The summed E-state index contributed by atoms with van der Waals surface area (Å²) >= 11 is 0. The Bertz CT molecular complexity index is 920. The smallest absolute Gasteiger partial charge is 0.343 e. The number of aliphatic hydroxyl groups is 1. The van der Waals surface area contributed by atoms with Gasteiger partial charge >= 0.3 is 5.97 Å². The number of aromatic hydroxyl groups is 1. The van der Waals surface area contributed by atoms with Gasteiger partial charge in [0.1, 0.15) is 17.1 Å². The number of ether oxygens (including phenoxy) is 2. The van der Waals surface area contributed by atoms with E-state index in [1.807, 2.05) is 0 Å². The predicted octanol–water partition coefficient (Wildman–Crippen LogP) is 0.375. The minimum Gasteiger partial charge on any atom is -0.506 e. The van der Waals surface area contributed by atoms with Crippen LogP contribution in [0.4, 0.5) is 0 Å². The van der Waals surface area contributed by atoms with E-state index in [1.54, 1.807) is 12.1 Å². The van der Waals surface area contributed by atoms with Crippen molar-refractivity contribution in [1.29, 1.82) is 0 Å². The molecular weight excluding hydrogens is 356 g/mol. The maximum atomic E-state index is 12.4. The second-order valence-corrected chi connectivity index (χ2v) is 5.74. The Kier molecular flexibility index (Phi) is 6.19. The van der Waals surface area contributed by atoms with Gasteiger partial charge < -0.3 is 30.4 Å². The number of hydrogen-bond acceptors (Lipinski definition) is 7. The normalized spacial score (nSPS) is 11.7. The SMILES string of the molecule is COC(=O)c1c[nH]c(=O)c([C@@H](CC(N)=O)c2ccc(OC)c(CO)c2)c1O. The summed E-state index contributed by atoms with van der Waals surface area (Å²) in [5.41, 5.74) is 5.03. The van der Waals surface area contributed by atoms with Crippen molar-refractivity contribution in [2.45, 2.75) is 18.9 Å². The zero-order valence-electron chi connectivity index (χ0n) is 14.8. The Morgan fingerprint density at radius 1 is 1.30 bits per heavy atom. The molecule has 0 saturated carbocycles. The molecule has 0 aliphatic rings. The molecule has 0 bridgehead atoms. The van der Waals surface area contributed by atoms with Crippen LogP contribution in [0.2, 0.25) is 0 Å². The third kappa shape index (κ3) is 4.09. The molecular formula is C18H20N2O7. The van der Waals surface area contributed by atoms with Crippen molar-refractivity contribution in [3.8, 4) is 11.5 Å². The zero-order valence-corrected chi connectivity index (χ0v) is 14.8. The molecule has 27 heavy (non-hydrogen) atoms. The van der Waals surface area contributed by atoms with Crippen molar-refractivity contribution in [2.75, 3.05) is 14.2 Å². The average Bonchev–Trinajstić information content (AvgIpc) is 2.65. The number of pyridine rings is 1. The molecule has 0 saturated heterocycles. The number of carbonyl (C=O) groups is 2. The maximum absolute atomic E-state index is 12.4. The summed E-state index contributed by atoms with van der Waals surface area (Å²) in [7, 11) is 2.57. The quantitative estimate of drug-likeness (QED) is 0.510. The highest BCUT2D eigenvalue weighted by molar-refractivity contribution is 5.92. The van der Waals surface area contributed by atoms with Crippen molar-refractivity contribution in [3.63, 3.8) is 0 Å². The van der Waals surface area contributed by atoms with Gasteiger partial charge in [-0.1, -0.05) is 6.07 Å². The Hall–Kier alpha value is -3.33. The van der Waals surface area contributed by atoms with Gasteiger partial charge in [0.15, 0.2) is 0 Å². The molecule has 1 atom stereocenters. The highest BCUT2D eigenvalue weighted by atomic mass is 16.5. The number of rotatable bonds is 7. The molecule has 5 N–H and O–H groups in total. The second kappa shape index (κ2) is 8.37. The van der Waals surface area contributed by atoms with Gasteiger partial charge in [-0.15, -0.1) is 0 Å². The van der Waals surface area contributed by atoms with E-state index < -0.39 is 29.1 Å². The number of aromatic amines is 1. The molecule has 1 amide bonds. The molecule has 1 aromatic carbocycles. The predicted molar refractivity (Wildman–Crippen MR) is 94.6 cm³/mol. The molecule has 1 heterocycles. The number of methoxy groups -OCH3 is 2. The number of aromatic nitrogens is 1. The van der Waals surface area contributed by atoms with Crippen molar-refractivity contribution in [1.82, 2.24) is 4.98 Å². The minimum atomic E-state index is -0.952. The van der Waals surface area contributed by atoms with Gasteiger partial charge in [-0.25, -0.2) is 4.79 Å². The van der Waals surface area contributed by atoms with Crippen molar-refractivity contribution in [2.24, 2.45) is 5.73 Å². The summed E-state index contributed by atoms with van der Waals surface area (Å²) in [6, 6.07) is 4.68. The van der Waals surface area contributed by atoms with Gasteiger partial charge in [-0.3, -0.25) is 9.59 Å². The molecule has 0 aliphatic carbocycles. The maximum Gasteiger partial charge on any atom is 0.343 e. The Morgan fingerprint density at radius 2 is 2.00 bits per heavy atom. The third-order valence-electron chi connectivity index (χ3n) is 4.14. The fraction of sp³-hybridized carbons (Fsp3) is 0.278. The van der Waals surface area contributed by atoms with Crippen LogP contribution in [0.1, 0.15) is 39.4 Å². The van der Waals surface area contributed by atoms with Gasteiger partial charge in [-0.2, -0.15) is 0 Å². The lowest BCUT2D eigenvalue weighted by Gasteiger charge is -2.19. The largest absolute Gasteiger partial charge is 0.506 e.